The van der Waals surface area contributed by atoms with Crippen LogP contribution >= 0.6 is 0 Å². The van der Waals surface area contributed by atoms with Crippen molar-refractivity contribution in [2.45, 2.75) is 0 Å². The molecule has 2 aromatic carbocycles. The van der Waals surface area contributed by atoms with Crippen LogP contribution in [0, 0.1) is 0 Å². The number of hydrogen-bond donors (Lipinski definition) is 0. The summed E-state index contributed by atoms with van der Waals surface area (Å²) in [6.07, 6.45) is 3.71. The van der Waals surface area contributed by atoms with Crippen LogP contribution in [0.5, 0.6) is 11.5 Å². The van der Waals surface area contributed by atoms with Gasteiger partial charge in [0.1, 0.15) is 0 Å². The molecule has 0 aliphatic heterocycles. The molecule has 0 unspecified atom stereocenters. The number of benzene rings is 2. The van der Waals surface area contributed by atoms with Crippen LogP contribution in [-0.4, -0.2) is 24.4 Å². The fraction of sp³-hybridized carbons (Fsp3) is 0.111. The van der Waals surface area contributed by atoms with E-state index in [1.54, 1.807) is 20.3 Å². The molecule has 0 amide bonds. The lowest BCUT2D eigenvalue weighted by molar-refractivity contribution is 0.355. The first-order chi connectivity index (χ1) is 11.3. The van der Waals surface area contributed by atoms with Gasteiger partial charge in [0.05, 0.1) is 14.2 Å². The van der Waals surface area contributed by atoms with Crippen molar-refractivity contribution in [3.05, 3.63) is 60.0 Å². The van der Waals surface area contributed by atoms with E-state index in [1.807, 2.05) is 54.6 Å². The molecule has 0 saturated carbocycles. The van der Waals surface area contributed by atoms with Gasteiger partial charge in [-0.05, 0) is 29.8 Å². The molecule has 0 saturated heterocycles. The SMILES string of the molecule is COc1ccc(-c2noc(/C=C/c3ccccc3)n2)cc1OC. The standard InChI is InChI=1S/C18H16N2O3/c1-21-15-10-9-14(12-16(15)22-2)18-19-17(23-20-18)11-8-13-6-4-3-5-7-13/h3-12H,1-2H3/b11-8+. The summed E-state index contributed by atoms with van der Waals surface area (Å²) in [5.41, 5.74) is 1.86. The summed E-state index contributed by atoms with van der Waals surface area (Å²) < 4.78 is 15.8. The Hall–Kier alpha value is -3.08. The largest absolute Gasteiger partial charge is 0.493 e. The van der Waals surface area contributed by atoms with E-state index in [0.29, 0.717) is 23.2 Å². The molecule has 3 rings (SSSR count). The Labute approximate surface area is 134 Å². The van der Waals surface area contributed by atoms with Gasteiger partial charge in [0.2, 0.25) is 5.82 Å². The van der Waals surface area contributed by atoms with Crippen LogP contribution < -0.4 is 9.47 Å². The van der Waals surface area contributed by atoms with Crippen LogP contribution in [0.1, 0.15) is 11.5 Å². The zero-order valence-electron chi connectivity index (χ0n) is 12.9. The third-order valence-electron chi connectivity index (χ3n) is 3.30. The molecule has 0 N–H and O–H groups in total. The van der Waals surface area contributed by atoms with Gasteiger partial charge in [-0.3, -0.25) is 0 Å². The van der Waals surface area contributed by atoms with Gasteiger partial charge in [-0.25, -0.2) is 0 Å². The lowest BCUT2D eigenvalue weighted by Gasteiger charge is -2.07. The minimum atomic E-state index is 0.443. The molecule has 3 aromatic rings. The first-order valence-corrected chi connectivity index (χ1v) is 7.09. The fourth-order valence-corrected chi connectivity index (χ4v) is 2.13. The summed E-state index contributed by atoms with van der Waals surface area (Å²) in [6.45, 7) is 0. The average molecular weight is 308 g/mol. The number of methoxy groups -OCH3 is 2. The lowest BCUT2D eigenvalue weighted by atomic mass is 10.2. The van der Waals surface area contributed by atoms with Crippen molar-refractivity contribution in [1.82, 2.24) is 10.1 Å². The summed E-state index contributed by atoms with van der Waals surface area (Å²) in [7, 11) is 3.18. The Bertz CT molecular complexity index is 810. The van der Waals surface area contributed by atoms with Crippen LogP contribution in [0.25, 0.3) is 23.5 Å². The van der Waals surface area contributed by atoms with Crippen LogP contribution in [0.4, 0.5) is 0 Å². The van der Waals surface area contributed by atoms with E-state index in [-0.39, 0.29) is 0 Å². The highest BCUT2D eigenvalue weighted by Crippen LogP contribution is 2.31. The van der Waals surface area contributed by atoms with Gasteiger partial charge in [-0.2, -0.15) is 4.98 Å². The first-order valence-electron chi connectivity index (χ1n) is 7.09. The zero-order valence-corrected chi connectivity index (χ0v) is 12.9. The molecule has 0 atom stereocenters. The number of ether oxygens (including phenoxy) is 2. The molecule has 1 aromatic heterocycles. The smallest absolute Gasteiger partial charge is 0.250 e. The number of hydrogen-bond acceptors (Lipinski definition) is 5. The predicted octanol–water partition coefficient (Wildman–Crippen LogP) is 3.92. The van der Waals surface area contributed by atoms with Crippen LogP contribution in [-0.2, 0) is 0 Å². The van der Waals surface area contributed by atoms with E-state index in [4.69, 9.17) is 14.0 Å². The number of nitrogens with zero attached hydrogens (tertiary/aromatic N) is 2. The molecule has 23 heavy (non-hydrogen) atoms. The minimum absolute atomic E-state index is 0.443. The van der Waals surface area contributed by atoms with Crippen LogP contribution in [0.15, 0.2) is 53.1 Å². The molecule has 116 valence electrons. The highest BCUT2D eigenvalue weighted by Gasteiger charge is 2.10. The molecular formula is C18H16N2O3. The minimum Gasteiger partial charge on any atom is -0.493 e. The highest BCUT2D eigenvalue weighted by molar-refractivity contribution is 5.67. The van der Waals surface area contributed by atoms with Crippen molar-refractivity contribution in [1.29, 1.82) is 0 Å². The van der Waals surface area contributed by atoms with E-state index < -0.39 is 0 Å². The molecule has 0 aliphatic rings. The Balaban J connectivity index is 1.83. The second-order valence-corrected chi connectivity index (χ2v) is 4.77. The molecule has 0 bridgehead atoms. The van der Waals surface area contributed by atoms with E-state index >= 15 is 0 Å². The summed E-state index contributed by atoms with van der Waals surface area (Å²) >= 11 is 0. The summed E-state index contributed by atoms with van der Waals surface area (Å²) in [5.74, 6) is 2.22. The average Bonchev–Trinajstić information content (AvgIpc) is 3.09. The van der Waals surface area contributed by atoms with Crippen LogP contribution in [0.3, 0.4) is 0 Å². The Morgan fingerprint density at radius 1 is 0.913 bits per heavy atom. The monoisotopic (exact) mass is 308 g/mol. The van der Waals surface area contributed by atoms with Crippen molar-refractivity contribution in [2.24, 2.45) is 0 Å². The molecule has 5 nitrogen and oxygen atoms in total. The van der Waals surface area contributed by atoms with Crippen molar-refractivity contribution >= 4 is 12.2 Å². The number of aromatic nitrogens is 2. The van der Waals surface area contributed by atoms with E-state index in [1.165, 1.54) is 0 Å². The molecule has 5 heteroatoms. The normalized spacial score (nSPS) is 10.9. The zero-order chi connectivity index (χ0) is 16.1. The van der Waals surface area contributed by atoms with Crippen molar-refractivity contribution < 1.29 is 14.0 Å². The lowest BCUT2D eigenvalue weighted by Crippen LogP contribution is -1.91. The molecule has 0 aliphatic carbocycles. The molecule has 0 spiro atoms. The quantitative estimate of drug-likeness (QED) is 0.715. The van der Waals surface area contributed by atoms with Gasteiger partial charge in [0.25, 0.3) is 5.89 Å². The van der Waals surface area contributed by atoms with Gasteiger partial charge >= 0.3 is 0 Å². The topological polar surface area (TPSA) is 57.4 Å². The van der Waals surface area contributed by atoms with E-state index in [9.17, 15) is 0 Å². The Kier molecular flexibility index (Phi) is 4.38. The van der Waals surface area contributed by atoms with Gasteiger partial charge in [0, 0.05) is 11.6 Å². The molecule has 0 radical (unpaired) electrons. The second kappa shape index (κ2) is 6.79. The van der Waals surface area contributed by atoms with Crippen molar-refractivity contribution in [3.8, 4) is 22.9 Å². The molecule has 0 fully saturated rings. The first kappa shape index (κ1) is 14.8. The van der Waals surface area contributed by atoms with E-state index in [2.05, 4.69) is 10.1 Å². The Morgan fingerprint density at radius 2 is 1.70 bits per heavy atom. The van der Waals surface area contributed by atoms with Crippen LogP contribution in [0.2, 0.25) is 0 Å². The van der Waals surface area contributed by atoms with Crippen molar-refractivity contribution in [2.75, 3.05) is 14.2 Å². The highest BCUT2D eigenvalue weighted by atomic mass is 16.5. The fourth-order valence-electron chi connectivity index (χ4n) is 2.13. The summed E-state index contributed by atoms with van der Waals surface area (Å²) in [5, 5.41) is 4.00. The second-order valence-electron chi connectivity index (χ2n) is 4.77. The Morgan fingerprint density at radius 3 is 2.43 bits per heavy atom. The van der Waals surface area contributed by atoms with Gasteiger partial charge in [-0.1, -0.05) is 35.5 Å². The molecular weight excluding hydrogens is 292 g/mol. The third-order valence-corrected chi connectivity index (χ3v) is 3.30. The maximum absolute atomic E-state index is 5.29. The van der Waals surface area contributed by atoms with Gasteiger partial charge < -0.3 is 14.0 Å². The van der Waals surface area contributed by atoms with Crippen molar-refractivity contribution in [3.63, 3.8) is 0 Å². The number of rotatable bonds is 5. The van der Waals surface area contributed by atoms with E-state index in [0.717, 1.165) is 11.1 Å². The maximum Gasteiger partial charge on any atom is 0.250 e. The predicted molar refractivity (Wildman–Crippen MR) is 88.2 cm³/mol. The van der Waals surface area contributed by atoms with Gasteiger partial charge in [0.15, 0.2) is 11.5 Å². The summed E-state index contributed by atoms with van der Waals surface area (Å²) in [6, 6.07) is 15.4. The third kappa shape index (κ3) is 3.40. The maximum atomic E-state index is 5.29. The summed E-state index contributed by atoms with van der Waals surface area (Å²) in [4.78, 5) is 4.37. The van der Waals surface area contributed by atoms with Gasteiger partial charge in [-0.15, -0.1) is 0 Å². The molecule has 1 heterocycles.